The number of rotatable bonds is 12. The van der Waals surface area contributed by atoms with Gasteiger partial charge in [0, 0.05) is 81.3 Å². The lowest BCUT2D eigenvalue weighted by Crippen LogP contribution is -2.76. The summed E-state index contributed by atoms with van der Waals surface area (Å²) < 4.78 is 2.06. The van der Waals surface area contributed by atoms with E-state index in [2.05, 4.69) is 34.0 Å². The van der Waals surface area contributed by atoms with Crippen molar-refractivity contribution in [3.05, 3.63) is 162 Å². The highest BCUT2D eigenvalue weighted by Crippen LogP contribution is 2.35. The highest BCUT2D eigenvalue weighted by molar-refractivity contribution is 6.05. The van der Waals surface area contributed by atoms with Crippen LogP contribution in [0.4, 0.5) is 16.2 Å². The highest BCUT2D eigenvalue weighted by atomic mass is 16.3. The maximum absolute atomic E-state index is 14.8. The van der Waals surface area contributed by atoms with Crippen molar-refractivity contribution in [3.8, 4) is 16.9 Å². The van der Waals surface area contributed by atoms with Crippen molar-refractivity contribution in [3.63, 3.8) is 0 Å². The molecular weight excluding hydrogens is 781 g/mol. The number of benzene rings is 5. The zero-order chi connectivity index (χ0) is 43.5. The molecule has 5 amide bonds. The molecule has 0 aliphatic carbocycles. The standard InChI is InChI=1S/C49H50N8O5/c1-5-26-55-32-45(59)56-43(27-33-14-24-40(58)25-15-33)48(61)54(31-44(56)57(55)49(62)50-28-34-10-7-6-8-11-34)29-37-12-9-13-41-42(30-53(4)46(37)41)35-16-20-38(21-17-35)51-47(60)36-18-22-39(23-19-36)52(2)3/h5-25,30,43-44,58H,1,26-29,31-32H2,2-4H3,(H,50,62)(H,51,60)/t43-,44-/m0/s1. The largest absolute Gasteiger partial charge is 0.508 e. The summed E-state index contributed by atoms with van der Waals surface area (Å²) >= 11 is 0. The van der Waals surface area contributed by atoms with Gasteiger partial charge < -0.3 is 35.0 Å². The molecule has 0 saturated carbocycles. The Morgan fingerprint density at radius 1 is 0.871 bits per heavy atom. The van der Waals surface area contributed by atoms with Crippen LogP contribution in [-0.4, -0.2) is 99.2 Å². The van der Waals surface area contributed by atoms with Crippen molar-refractivity contribution in [1.29, 1.82) is 0 Å². The van der Waals surface area contributed by atoms with Crippen molar-refractivity contribution in [2.24, 2.45) is 7.05 Å². The Kier molecular flexibility index (Phi) is 11.8. The van der Waals surface area contributed by atoms with Gasteiger partial charge in [0.25, 0.3) is 5.91 Å². The first kappa shape index (κ1) is 41.4. The molecule has 2 aliphatic rings. The average Bonchev–Trinajstić information content (AvgIpc) is 3.62. The number of para-hydroxylation sites is 1. The number of phenols is 1. The topological polar surface area (TPSA) is 134 Å². The molecule has 1 aromatic heterocycles. The number of fused-ring (bicyclic) bond motifs is 2. The fourth-order valence-corrected chi connectivity index (χ4v) is 8.52. The number of hydrogen-bond acceptors (Lipinski definition) is 7. The van der Waals surface area contributed by atoms with Crippen LogP contribution >= 0.6 is 0 Å². The molecule has 5 aromatic carbocycles. The Hall–Kier alpha value is -7.38. The molecule has 0 radical (unpaired) electrons. The van der Waals surface area contributed by atoms with Crippen LogP contribution in [0.3, 0.4) is 0 Å². The Balaban J connectivity index is 1.09. The molecule has 62 heavy (non-hydrogen) atoms. The Labute approximate surface area is 361 Å². The molecule has 0 spiro atoms. The minimum Gasteiger partial charge on any atom is -0.508 e. The van der Waals surface area contributed by atoms with Gasteiger partial charge in [-0.05, 0) is 70.8 Å². The monoisotopic (exact) mass is 830 g/mol. The minimum atomic E-state index is -0.916. The van der Waals surface area contributed by atoms with Gasteiger partial charge in [0.2, 0.25) is 11.8 Å². The van der Waals surface area contributed by atoms with Crippen LogP contribution in [0.15, 0.2) is 140 Å². The second-order valence-corrected chi connectivity index (χ2v) is 16.0. The summed E-state index contributed by atoms with van der Waals surface area (Å²) in [5.74, 6) is -0.597. The van der Waals surface area contributed by atoms with E-state index in [1.54, 1.807) is 50.2 Å². The number of nitrogens with zero attached hydrogens (tertiary/aromatic N) is 6. The van der Waals surface area contributed by atoms with Crippen molar-refractivity contribution in [2.45, 2.75) is 31.7 Å². The Morgan fingerprint density at radius 3 is 2.29 bits per heavy atom. The van der Waals surface area contributed by atoms with E-state index in [0.717, 1.165) is 44.4 Å². The van der Waals surface area contributed by atoms with Crippen LogP contribution in [0.5, 0.6) is 5.75 Å². The maximum Gasteiger partial charge on any atom is 0.334 e. The predicted molar refractivity (Wildman–Crippen MR) is 241 cm³/mol. The first-order chi connectivity index (χ1) is 30.0. The lowest BCUT2D eigenvalue weighted by atomic mass is 9.97. The SMILES string of the molecule is C=CCN1CC(=O)N2[C@@H](Cc3ccc(O)cc3)C(=O)N(Cc3cccc4c(-c5ccc(NC(=O)c6ccc(N(C)C)cc6)cc5)cn(C)c34)C[C@@H]2N1C(=O)NCc1ccccc1. The lowest BCUT2D eigenvalue weighted by molar-refractivity contribution is -0.189. The molecule has 2 atom stereocenters. The molecule has 6 aromatic rings. The molecule has 2 fully saturated rings. The van der Waals surface area contributed by atoms with E-state index in [1.807, 2.05) is 117 Å². The third-order valence-electron chi connectivity index (χ3n) is 11.6. The molecule has 0 unspecified atom stereocenters. The number of urea groups is 1. The number of anilines is 2. The third kappa shape index (κ3) is 8.48. The number of piperazine rings is 1. The molecule has 3 heterocycles. The lowest BCUT2D eigenvalue weighted by Gasteiger charge is -2.55. The first-order valence-electron chi connectivity index (χ1n) is 20.6. The van der Waals surface area contributed by atoms with E-state index in [9.17, 15) is 24.3 Å². The first-order valence-corrected chi connectivity index (χ1v) is 20.6. The van der Waals surface area contributed by atoms with Gasteiger partial charge >= 0.3 is 6.03 Å². The van der Waals surface area contributed by atoms with Crippen LogP contribution in [0.25, 0.3) is 22.0 Å². The van der Waals surface area contributed by atoms with Gasteiger partial charge in [-0.2, -0.15) is 0 Å². The quantitative estimate of drug-likeness (QED) is 0.118. The number of hydrazine groups is 1. The second-order valence-electron chi connectivity index (χ2n) is 16.0. The number of aromatic nitrogens is 1. The number of carbonyl (C=O) groups excluding carboxylic acids is 4. The molecule has 0 bridgehead atoms. The van der Waals surface area contributed by atoms with E-state index in [4.69, 9.17) is 0 Å². The summed E-state index contributed by atoms with van der Waals surface area (Å²) in [6.45, 7) is 4.61. The summed E-state index contributed by atoms with van der Waals surface area (Å²) in [5.41, 5.74) is 7.72. The predicted octanol–water partition coefficient (Wildman–Crippen LogP) is 6.61. The number of phenolic OH excluding ortho intramolecular Hbond substituents is 1. The summed E-state index contributed by atoms with van der Waals surface area (Å²) in [4.78, 5) is 61.5. The summed E-state index contributed by atoms with van der Waals surface area (Å²) in [5, 5.41) is 20.3. The van der Waals surface area contributed by atoms with E-state index in [-0.39, 0.29) is 62.6 Å². The normalized spacial score (nSPS) is 16.6. The van der Waals surface area contributed by atoms with Crippen LogP contribution in [-0.2, 0) is 36.1 Å². The van der Waals surface area contributed by atoms with Crippen molar-refractivity contribution in [2.75, 3.05) is 43.9 Å². The smallest absolute Gasteiger partial charge is 0.334 e. The van der Waals surface area contributed by atoms with Crippen molar-refractivity contribution >= 4 is 46.0 Å². The number of aryl methyl sites for hydroxylation is 1. The summed E-state index contributed by atoms with van der Waals surface area (Å²) in [6, 6.07) is 36.1. The molecule has 3 N–H and O–H groups in total. The van der Waals surface area contributed by atoms with Gasteiger partial charge in [0.15, 0.2) is 0 Å². The van der Waals surface area contributed by atoms with Crippen LogP contribution in [0.1, 0.15) is 27.0 Å². The molecular formula is C49H50N8O5. The molecule has 2 saturated heterocycles. The number of carbonyl (C=O) groups is 4. The average molecular weight is 831 g/mol. The Morgan fingerprint density at radius 2 is 1.60 bits per heavy atom. The van der Waals surface area contributed by atoms with E-state index in [1.165, 1.54) is 0 Å². The van der Waals surface area contributed by atoms with E-state index < -0.39 is 18.2 Å². The van der Waals surface area contributed by atoms with Gasteiger partial charge in [-0.15, -0.1) is 6.58 Å². The molecule has 316 valence electrons. The summed E-state index contributed by atoms with van der Waals surface area (Å²) in [6.07, 6.45) is 3.10. The van der Waals surface area contributed by atoms with E-state index >= 15 is 0 Å². The second kappa shape index (κ2) is 17.7. The number of aromatic hydroxyl groups is 1. The van der Waals surface area contributed by atoms with Gasteiger partial charge in [-0.25, -0.2) is 14.8 Å². The molecule has 8 rings (SSSR count). The Bertz CT molecular complexity index is 2610. The number of nitrogens with one attached hydrogen (secondary N) is 2. The highest BCUT2D eigenvalue weighted by Gasteiger charge is 2.51. The van der Waals surface area contributed by atoms with Gasteiger partial charge in [0.05, 0.1) is 18.6 Å². The molecule has 13 nitrogen and oxygen atoms in total. The fourth-order valence-electron chi connectivity index (χ4n) is 8.52. The van der Waals surface area contributed by atoms with Crippen molar-refractivity contribution < 1.29 is 24.3 Å². The summed E-state index contributed by atoms with van der Waals surface area (Å²) in [7, 11) is 5.89. The zero-order valence-electron chi connectivity index (χ0n) is 35.1. The van der Waals surface area contributed by atoms with Crippen LogP contribution < -0.4 is 15.5 Å². The van der Waals surface area contributed by atoms with Crippen LogP contribution in [0.2, 0.25) is 0 Å². The van der Waals surface area contributed by atoms with Crippen LogP contribution in [0, 0.1) is 0 Å². The van der Waals surface area contributed by atoms with Gasteiger partial charge in [-0.3, -0.25) is 14.4 Å². The number of hydrogen-bond donors (Lipinski definition) is 3. The fraction of sp³-hybridized carbons (Fsp3) is 0.224. The van der Waals surface area contributed by atoms with Gasteiger partial charge in [0.1, 0.15) is 18.0 Å². The zero-order valence-corrected chi connectivity index (χ0v) is 35.1. The van der Waals surface area contributed by atoms with Crippen molar-refractivity contribution in [1.82, 2.24) is 29.7 Å². The molecule has 2 aliphatic heterocycles. The number of amides is 5. The minimum absolute atomic E-state index is 0.0731. The maximum atomic E-state index is 14.8. The van der Waals surface area contributed by atoms with E-state index in [0.29, 0.717) is 11.3 Å². The van der Waals surface area contributed by atoms with Gasteiger partial charge in [-0.1, -0.05) is 78.9 Å². The third-order valence-corrected chi connectivity index (χ3v) is 11.6. The molecule has 13 heteroatoms.